The molecule has 0 saturated heterocycles. The Balaban J connectivity index is 2.67. The number of thiophene rings is 1. The van der Waals surface area contributed by atoms with E-state index in [-0.39, 0.29) is 10.5 Å². The van der Waals surface area contributed by atoms with Gasteiger partial charge < -0.3 is 5.11 Å². The molecule has 0 amide bonds. The van der Waals surface area contributed by atoms with E-state index in [1.54, 1.807) is 12.1 Å². The highest BCUT2D eigenvalue weighted by Crippen LogP contribution is 2.29. The van der Waals surface area contributed by atoms with Crippen LogP contribution >= 0.6 is 11.3 Å². The Hall–Kier alpha value is -1.70. The van der Waals surface area contributed by atoms with E-state index in [4.69, 9.17) is 10.2 Å². The molecule has 0 fully saturated rings. The second-order valence-electron chi connectivity index (χ2n) is 3.53. The third-order valence-corrected chi connectivity index (χ3v) is 4.15. The lowest BCUT2D eigenvalue weighted by Crippen LogP contribution is -2.13. The molecule has 1 aromatic heterocycles. The number of aromatic carboxylic acids is 1. The van der Waals surface area contributed by atoms with Gasteiger partial charge in [-0.15, -0.1) is 11.3 Å². The van der Waals surface area contributed by atoms with Crippen LogP contribution in [-0.2, 0) is 10.0 Å². The van der Waals surface area contributed by atoms with E-state index in [0.29, 0.717) is 5.56 Å². The number of hydrogen-bond acceptors (Lipinski definition) is 4. The van der Waals surface area contributed by atoms with Crippen molar-refractivity contribution in [2.24, 2.45) is 5.14 Å². The first-order valence-corrected chi connectivity index (χ1v) is 7.26. The van der Waals surface area contributed by atoms with Crippen LogP contribution in [0.5, 0.6) is 0 Å². The van der Waals surface area contributed by atoms with Crippen LogP contribution in [0.2, 0.25) is 0 Å². The fraction of sp³-hybridized carbons (Fsp3) is 0. The average molecular weight is 283 g/mol. The molecular formula is C11H9NO4S2. The van der Waals surface area contributed by atoms with Gasteiger partial charge in [0.25, 0.3) is 0 Å². The van der Waals surface area contributed by atoms with Gasteiger partial charge in [0.05, 0.1) is 10.5 Å². The first-order valence-electron chi connectivity index (χ1n) is 4.83. The minimum absolute atomic E-state index is 0.0797. The van der Waals surface area contributed by atoms with Gasteiger partial charge in [-0.3, -0.25) is 0 Å². The summed E-state index contributed by atoms with van der Waals surface area (Å²) >= 11 is 1.38. The van der Waals surface area contributed by atoms with Crippen LogP contribution < -0.4 is 5.14 Å². The highest BCUT2D eigenvalue weighted by molar-refractivity contribution is 7.89. The second kappa shape index (κ2) is 4.52. The number of carboxylic acids is 1. The lowest BCUT2D eigenvalue weighted by Gasteiger charge is -2.06. The van der Waals surface area contributed by atoms with E-state index in [2.05, 4.69) is 0 Å². The smallest absolute Gasteiger partial charge is 0.336 e. The number of benzene rings is 1. The predicted molar refractivity (Wildman–Crippen MR) is 68.1 cm³/mol. The molecule has 0 aliphatic heterocycles. The zero-order valence-electron chi connectivity index (χ0n) is 9.03. The van der Waals surface area contributed by atoms with Crippen LogP contribution in [0, 0.1) is 0 Å². The summed E-state index contributed by atoms with van der Waals surface area (Å²) in [6.07, 6.45) is 0. The number of rotatable bonds is 3. The largest absolute Gasteiger partial charge is 0.478 e. The van der Waals surface area contributed by atoms with Crippen LogP contribution in [0.15, 0.2) is 40.6 Å². The third-order valence-electron chi connectivity index (χ3n) is 2.34. The maximum atomic E-state index is 11.2. The monoisotopic (exact) mass is 283 g/mol. The minimum Gasteiger partial charge on any atom is -0.478 e. The number of nitrogens with two attached hydrogens (primary N) is 1. The SMILES string of the molecule is NS(=O)(=O)c1ccc(-c2cccs2)c(C(=O)O)c1. The van der Waals surface area contributed by atoms with Crippen molar-refractivity contribution in [1.29, 1.82) is 0 Å². The predicted octanol–water partition coefficient (Wildman–Crippen LogP) is 1.76. The highest BCUT2D eigenvalue weighted by atomic mass is 32.2. The molecule has 18 heavy (non-hydrogen) atoms. The van der Waals surface area contributed by atoms with Crippen LogP contribution in [0.3, 0.4) is 0 Å². The van der Waals surface area contributed by atoms with Gasteiger partial charge in [-0.05, 0) is 23.6 Å². The van der Waals surface area contributed by atoms with E-state index < -0.39 is 16.0 Å². The summed E-state index contributed by atoms with van der Waals surface area (Å²) in [6.45, 7) is 0. The van der Waals surface area contributed by atoms with Crippen molar-refractivity contribution in [3.63, 3.8) is 0 Å². The number of primary sulfonamides is 1. The highest BCUT2D eigenvalue weighted by Gasteiger charge is 2.17. The second-order valence-corrected chi connectivity index (χ2v) is 6.04. The summed E-state index contributed by atoms with van der Waals surface area (Å²) in [4.78, 5) is 11.7. The fourth-order valence-corrected chi connectivity index (χ4v) is 2.83. The topological polar surface area (TPSA) is 97.5 Å². The standard InChI is InChI=1S/C11H9NO4S2/c12-18(15,16)7-3-4-8(9(6-7)11(13)14)10-2-1-5-17-10/h1-6H,(H,13,14)(H2,12,15,16). The van der Waals surface area contributed by atoms with Gasteiger partial charge in [-0.25, -0.2) is 18.4 Å². The molecule has 0 spiro atoms. The quantitative estimate of drug-likeness (QED) is 0.896. The van der Waals surface area contributed by atoms with Crippen LogP contribution in [-0.4, -0.2) is 19.5 Å². The molecule has 3 N–H and O–H groups in total. The molecule has 2 rings (SSSR count). The molecule has 0 bridgehead atoms. The fourth-order valence-electron chi connectivity index (χ4n) is 1.52. The van der Waals surface area contributed by atoms with E-state index in [9.17, 15) is 13.2 Å². The molecule has 0 aliphatic rings. The lowest BCUT2D eigenvalue weighted by molar-refractivity contribution is 0.0697. The van der Waals surface area contributed by atoms with Crippen LogP contribution in [0.4, 0.5) is 0 Å². The average Bonchev–Trinajstić information content (AvgIpc) is 2.80. The number of carbonyl (C=O) groups is 1. The maximum absolute atomic E-state index is 11.2. The van der Waals surface area contributed by atoms with E-state index >= 15 is 0 Å². The summed E-state index contributed by atoms with van der Waals surface area (Å²) in [5, 5.41) is 15.9. The number of carboxylic acid groups (broad SMARTS) is 1. The van der Waals surface area contributed by atoms with E-state index in [0.717, 1.165) is 10.9 Å². The third kappa shape index (κ3) is 2.42. The van der Waals surface area contributed by atoms with Gasteiger partial charge >= 0.3 is 5.97 Å². The molecule has 0 unspecified atom stereocenters. The zero-order chi connectivity index (χ0) is 13.3. The van der Waals surface area contributed by atoms with E-state index in [1.165, 1.54) is 23.5 Å². The van der Waals surface area contributed by atoms with Crippen molar-refractivity contribution in [3.8, 4) is 10.4 Å². The maximum Gasteiger partial charge on any atom is 0.336 e. The molecule has 0 aliphatic carbocycles. The first kappa shape index (κ1) is 12.7. The minimum atomic E-state index is -3.90. The molecule has 1 heterocycles. The molecule has 1 aromatic carbocycles. The van der Waals surface area contributed by atoms with Gasteiger partial charge in [0, 0.05) is 10.4 Å². The Morgan fingerprint density at radius 2 is 2.00 bits per heavy atom. The summed E-state index contributed by atoms with van der Waals surface area (Å²) < 4.78 is 22.4. The number of sulfonamides is 1. The molecule has 7 heteroatoms. The van der Waals surface area contributed by atoms with Crippen LogP contribution in [0.1, 0.15) is 10.4 Å². The Labute approximate surface area is 108 Å². The molecular weight excluding hydrogens is 274 g/mol. The Kier molecular flexibility index (Phi) is 3.20. The van der Waals surface area contributed by atoms with Gasteiger partial charge in [-0.2, -0.15) is 0 Å². The summed E-state index contributed by atoms with van der Waals surface area (Å²) in [6, 6.07) is 7.39. The van der Waals surface area contributed by atoms with Crippen molar-refractivity contribution in [2.45, 2.75) is 4.90 Å². The van der Waals surface area contributed by atoms with E-state index in [1.807, 2.05) is 5.38 Å². The van der Waals surface area contributed by atoms with Crippen molar-refractivity contribution in [2.75, 3.05) is 0 Å². The van der Waals surface area contributed by atoms with Crippen molar-refractivity contribution in [1.82, 2.24) is 0 Å². The Morgan fingerprint density at radius 1 is 1.28 bits per heavy atom. The zero-order valence-corrected chi connectivity index (χ0v) is 10.7. The molecule has 2 aromatic rings. The van der Waals surface area contributed by atoms with Crippen molar-refractivity contribution >= 4 is 27.3 Å². The Morgan fingerprint density at radius 3 is 2.50 bits per heavy atom. The molecule has 0 saturated carbocycles. The summed E-state index contributed by atoms with van der Waals surface area (Å²) in [5.41, 5.74) is 0.397. The van der Waals surface area contributed by atoms with Gasteiger partial charge in [-0.1, -0.05) is 12.1 Å². The van der Waals surface area contributed by atoms with Gasteiger partial charge in [0.2, 0.25) is 10.0 Å². The first-order chi connectivity index (χ1) is 8.39. The Bertz CT molecular complexity index is 690. The van der Waals surface area contributed by atoms with Crippen molar-refractivity contribution in [3.05, 3.63) is 41.3 Å². The molecule has 5 nitrogen and oxygen atoms in total. The molecule has 0 radical (unpaired) electrons. The normalized spacial score (nSPS) is 11.4. The van der Waals surface area contributed by atoms with Gasteiger partial charge in [0.15, 0.2) is 0 Å². The van der Waals surface area contributed by atoms with Crippen LogP contribution in [0.25, 0.3) is 10.4 Å². The molecule has 94 valence electrons. The lowest BCUT2D eigenvalue weighted by atomic mass is 10.1. The summed E-state index contributed by atoms with van der Waals surface area (Å²) in [7, 11) is -3.90. The molecule has 0 atom stereocenters. The number of hydrogen-bond donors (Lipinski definition) is 2. The van der Waals surface area contributed by atoms with Gasteiger partial charge in [0.1, 0.15) is 0 Å². The summed E-state index contributed by atoms with van der Waals surface area (Å²) in [5.74, 6) is -1.19. The van der Waals surface area contributed by atoms with Crippen molar-refractivity contribution < 1.29 is 18.3 Å².